The number of benzene rings is 3. The van der Waals surface area contributed by atoms with E-state index in [1.807, 2.05) is 24.3 Å². The molecule has 0 fully saturated rings. The summed E-state index contributed by atoms with van der Waals surface area (Å²) in [5.74, 6) is 0.745. The van der Waals surface area contributed by atoms with Gasteiger partial charge in [-0.3, -0.25) is 4.79 Å². The molecule has 0 aliphatic carbocycles. The van der Waals surface area contributed by atoms with Gasteiger partial charge in [-0.15, -0.1) is 0 Å². The molecule has 3 aromatic rings. The molecule has 0 atom stereocenters. The molecule has 0 unspecified atom stereocenters. The fourth-order valence-electron chi connectivity index (χ4n) is 2.82. The van der Waals surface area contributed by atoms with Crippen LogP contribution < -0.4 is 19.5 Å². The summed E-state index contributed by atoms with van der Waals surface area (Å²) in [6, 6.07) is 17.4. The van der Waals surface area contributed by atoms with E-state index < -0.39 is 10.0 Å². The monoisotopic (exact) mass is 414 g/mol. The number of fused-ring (bicyclic) bond motifs is 1. The number of ether oxygens (including phenoxy) is 2. The molecular weight excluding hydrogens is 392 g/mol. The first-order valence-corrected chi connectivity index (χ1v) is 10.4. The van der Waals surface area contributed by atoms with Gasteiger partial charge in [0.15, 0.2) is 0 Å². The second-order valence-corrected chi connectivity index (χ2v) is 8.07. The molecule has 2 N–H and O–H groups in total. The Morgan fingerprint density at radius 2 is 1.55 bits per heavy atom. The summed E-state index contributed by atoms with van der Waals surface area (Å²) in [6.45, 7) is -0.0257. The summed E-state index contributed by atoms with van der Waals surface area (Å²) in [5, 5.41) is 4.50. The molecule has 29 heavy (non-hydrogen) atoms. The molecule has 0 heterocycles. The highest BCUT2D eigenvalue weighted by molar-refractivity contribution is 7.89. The largest absolute Gasteiger partial charge is 0.497 e. The predicted octanol–water partition coefficient (Wildman–Crippen LogP) is 3.16. The van der Waals surface area contributed by atoms with Crippen molar-refractivity contribution in [2.24, 2.45) is 0 Å². The Morgan fingerprint density at radius 1 is 0.897 bits per heavy atom. The van der Waals surface area contributed by atoms with Crippen LogP contribution in [0.4, 0.5) is 5.69 Å². The maximum absolute atomic E-state index is 12.5. The van der Waals surface area contributed by atoms with Crippen LogP contribution in [0.1, 0.15) is 6.42 Å². The number of anilines is 1. The second-order valence-electron chi connectivity index (χ2n) is 6.31. The highest BCUT2D eigenvalue weighted by atomic mass is 32.2. The van der Waals surface area contributed by atoms with Gasteiger partial charge in [-0.05, 0) is 22.9 Å². The van der Waals surface area contributed by atoms with Crippen LogP contribution in [0.15, 0.2) is 65.6 Å². The van der Waals surface area contributed by atoms with Crippen molar-refractivity contribution in [1.29, 1.82) is 0 Å². The summed E-state index contributed by atoms with van der Waals surface area (Å²) >= 11 is 0. The highest BCUT2D eigenvalue weighted by Gasteiger charge is 2.15. The lowest BCUT2D eigenvalue weighted by atomic mass is 10.1. The first kappa shape index (κ1) is 20.6. The number of amides is 1. The fraction of sp³-hybridized carbons (Fsp3) is 0.190. The molecule has 0 bridgehead atoms. The van der Waals surface area contributed by atoms with Crippen LogP contribution in [0.5, 0.6) is 11.5 Å². The van der Waals surface area contributed by atoms with Crippen LogP contribution >= 0.6 is 0 Å². The third-order valence-electron chi connectivity index (χ3n) is 4.31. The zero-order chi connectivity index (χ0) is 20.9. The molecule has 7 nitrogen and oxygen atoms in total. The van der Waals surface area contributed by atoms with Crippen molar-refractivity contribution in [2.75, 3.05) is 26.1 Å². The Balaban J connectivity index is 1.60. The van der Waals surface area contributed by atoms with Crippen molar-refractivity contribution in [1.82, 2.24) is 4.72 Å². The minimum absolute atomic E-state index is 0.0215. The first-order valence-electron chi connectivity index (χ1n) is 8.92. The minimum Gasteiger partial charge on any atom is -0.497 e. The maximum Gasteiger partial charge on any atom is 0.240 e. The lowest BCUT2D eigenvalue weighted by Crippen LogP contribution is -2.27. The van der Waals surface area contributed by atoms with E-state index in [0.717, 1.165) is 10.8 Å². The van der Waals surface area contributed by atoms with Crippen molar-refractivity contribution in [3.05, 3.63) is 60.7 Å². The first-order chi connectivity index (χ1) is 13.9. The predicted molar refractivity (Wildman–Crippen MR) is 112 cm³/mol. The van der Waals surface area contributed by atoms with Gasteiger partial charge in [0.2, 0.25) is 15.9 Å². The summed E-state index contributed by atoms with van der Waals surface area (Å²) < 4.78 is 37.8. The van der Waals surface area contributed by atoms with Crippen LogP contribution in [-0.4, -0.2) is 35.1 Å². The van der Waals surface area contributed by atoms with Gasteiger partial charge in [0.05, 0.1) is 19.1 Å². The van der Waals surface area contributed by atoms with Crippen LogP contribution in [0.2, 0.25) is 0 Å². The lowest BCUT2D eigenvalue weighted by Gasteiger charge is -2.11. The SMILES string of the molecule is COc1cc(NC(=O)CCNS(=O)(=O)c2ccc3ccccc3c2)cc(OC)c1. The van der Waals surface area contributed by atoms with Gasteiger partial charge >= 0.3 is 0 Å². The lowest BCUT2D eigenvalue weighted by molar-refractivity contribution is -0.116. The normalized spacial score (nSPS) is 11.2. The number of nitrogens with one attached hydrogen (secondary N) is 2. The van der Waals surface area contributed by atoms with Crippen molar-refractivity contribution < 1.29 is 22.7 Å². The third kappa shape index (κ3) is 5.24. The average Bonchev–Trinajstić information content (AvgIpc) is 2.72. The molecule has 0 aliphatic heterocycles. The van der Waals surface area contributed by atoms with E-state index in [-0.39, 0.29) is 23.8 Å². The van der Waals surface area contributed by atoms with Gasteiger partial charge in [0.1, 0.15) is 11.5 Å². The molecule has 3 rings (SSSR count). The molecule has 8 heteroatoms. The number of rotatable bonds is 8. The number of hydrogen-bond donors (Lipinski definition) is 2. The van der Waals surface area contributed by atoms with E-state index in [9.17, 15) is 13.2 Å². The second kappa shape index (κ2) is 8.93. The molecule has 3 aromatic carbocycles. The zero-order valence-corrected chi connectivity index (χ0v) is 17.0. The molecule has 0 spiro atoms. The molecule has 0 saturated heterocycles. The van der Waals surface area contributed by atoms with Gasteiger partial charge in [-0.1, -0.05) is 30.3 Å². The van der Waals surface area contributed by atoms with Crippen molar-refractivity contribution >= 4 is 32.4 Å². The quantitative estimate of drug-likeness (QED) is 0.591. The summed E-state index contributed by atoms with van der Waals surface area (Å²) in [4.78, 5) is 12.3. The highest BCUT2D eigenvalue weighted by Crippen LogP contribution is 2.25. The number of hydrogen-bond acceptors (Lipinski definition) is 5. The van der Waals surface area contributed by atoms with E-state index in [2.05, 4.69) is 10.0 Å². The van der Waals surface area contributed by atoms with Gasteiger partial charge in [-0.2, -0.15) is 0 Å². The van der Waals surface area contributed by atoms with Crippen molar-refractivity contribution in [2.45, 2.75) is 11.3 Å². The Kier molecular flexibility index (Phi) is 6.36. The average molecular weight is 414 g/mol. The van der Waals surface area contributed by atoms with Gasteiger partial charge < -0.3 is 14.8 Å². The number of carbonyl (C=O) groups excluding carboxylic acids is 1. The molecule has 0 radical (unpaired) electrons. The van der Waals surface area contributed by atoms with Gasteiger partial charge in [0, 0.05) is 36.9 Å². The van der Waals surface area contributed by atoms with Gasteiger partial charge in [-0.25, -0.2) is 13.1 Å². The standard InChI is InChI=1S/C21H22N2O5S/c1-27-18-12-17(13-19(14-18)28-2)23-21(24)9-10-22-29(25,26)20-8-7-15-5-3-4-6-16(15)11-20/h3-8,11-14,22H,9-10H2,1-2H3,(H,23,24). The summed E-state index contributed by atoms with van der Waals surface area (Å²) in [6.07, 6.45) is -0.0215. The van der Waals surface area contributed by atoms with E-state index >= 15 is 0 Å². The Morgan fingerprint density at radius 3 is 2.21 bits per heavy atom. The number of carbonyl (C=O) groups is 1. The topological polar surface area (TPSA) is 93.7 Å². The molecule has 0 aromatic heterocycles. The van der Waals surface area contributed by atoms with Crippen LogP contribution in [0.25, 0.3) is 10.8 Å². The smallest absolute Gasteiger partial charge is 0.240 e. The Hall–Kier alpha value is -3.10. The van der Waals surface area contributed by atoms with E-state index in [1.165, 1.54) is 14.2 Å². The van der Waals surface area contributed by atoms with Crippen molar-refractivity contribution in [3.63, 3.8) is 0 Å². The Bertz CT molecular complexity index is 1110. The third-order valence-corrected chi connectivity index (χ3v) is 5.77. The molecule has 0 saturated carbocycles. The molecule has 0 aliphatic rings. The number of sulfonamides is 1. The van der Waals surface area contributed by atoms with E-state index in [0.29, 0.717) is 17.2 Å². The van der Waals surface area contributed by atoms with Crippen molar-refractivity contribution in [3.8, 4) is 11.5 Å². The van der Waals surface area contributed by atoms with E-state index in [1.54, 1.807) is 36.4 Å². The van der Waals surface area contributed by atoms with Crippen LogP contribution in [-0.2, 0) is 14.8 Å². The van der Waals surface area contributed by atoms with E-state index in [4.69, 9.17) is 9.47 Å². The van der Waals surface area contributed by atoms with Crippen LogP contribution in [0.3, 0.4) is 0 Å². The summed E-state index contributed by atoms with van der Waals surface area (Å²) in [7, 11) is -0.680. The fourth-order valence-corrected chi connectivity index (χ4v) is 3.89. The number of methoxy groups -OCH3 is 2. The van der Waals surface area contributed by atoms with Crippen LogP contribution in [0, 0.1) is 0 Å². The molecule has 1 amide bonds. The zero-order valence-electron chi connectivity index (χ0n) is 16.1. The summed E-state index contributed by atoms with van der Waals surface area (Å²) in [5.41, 5.74) is 0.503. The Labute approximate surface area is 169 Å². The minimum atomic E-state index is -3.71. The molecular formula is C21H22N2O5S. The van der Waals surface area contributed by atoms with Gasteiger partial charge in [0.25, 0.3) is 0 Å². The molecule has 152 valence electrons. The maximum atomic E-state index is 12.5.